The molecule has 0 spiro atoms. The third-order valence-corrected chi connectivity index (χ3v) is 13.4. The van der Waals surface area contributed by atoms with Crippen molar-refractivity contribution < 1.29 is 24.1 Å². The molecule has 0 aliphatic rings. The number of rotatable bonds is 15. The topological polar surface area (TPSA) is 43.4 Å². The van der Waals surface area contributed by atoms with Gasteiger partial charge in [0, 0.05) is 0 Å². The predicted molar refractivity (Wildman–Crippen MR) is 141 cm³/mol. The Balaban J connectivity index is 2.08. The van der Waals surface area contributed by atoms with E-state index in [2.05, 4.69) is 6.92 Å². The monoisotopic (exact) mass is 612 g/mol. The summed E-state index contributed by atoms with van der Waals surface area (Å²) in [5.41, 5.74) is -3.83. The van der Waals surface area contributed by atoms with E-state index < -0.39 is 35.9 Å². The number of aryl methyl sites for hydroxylation is 2. The fourth-order valence-corrected chi connectivity index (χ4v) is 11.0. The molecule has 0 saturated carbocycles. The van der Waals surface area contributed by atoms with Crippen molar-refractivity contribution in [3.05, 3.63) is 66.8 Å². The number of unbranched alkanes of at least 4 members (excludes halogenated alkanes) is 9. The van der Waals surface area contributed by atoms with Crippen LogP contribution >= 0.6 is 20.2 Å². The third kappa shape index (κ3) is 9.15. The normalized spacial score (nSPS) is 12.7. The first kappa shape index (κ1) is 29.1. The summed E-state index contributed by atoms with van der Waals surface area (Å²) < 4.78 is 69.6. The van der Waals surface area contributed by atoms with E-state index in [-0.39, 0.29) is 0 Å². The zero-order chi connectivity index (χ0) is 25.0. The molecule has 0 fully saturated rings. The minimum absolute atomic E-state index is 0.565. The predicted octanol–water partition coefficient (Wildman–Crippen LogP) is 8.79. The number of halogens is 4. The maximum absolute atomic E-state index is 13.2. The molecule has 0 unspecified atom stereocenters. The van der Waals surface area contributed by atoms with Crippen LogP contribution in [0.4, 0.5) is 13.2 Å². The van der Waals surface area contributed by atoms with Crippen LogP contribution in [0.2, 0.25) is 0 Å². The van der Waals surface area contributed by atoms with Gasteiger partial charge in [-0.3, -0.25) is 0 Å². The van der Waals surface area contributed by atoms with Crippen LogP contribution in [-0.4, -0.2) is 13.9 Å². The molecule has 0 radical (unpaired) electrons. The Hall–Kier alpha value is -1.13. The second-order valence-electron chi connectivity index (χ2n) is 8.48. The fraction of sp³-hybridized carbons (Fsp3) is 0.538. The van der Waals surface area contributed by atoms with Crippen molar-refractivity contribution in [2.45, 2.75) is 90.0 Å². The van der Waals surface area contributed by atoms with Crippen LogP contribution in [0.25, 0.3) is 0 Å². The second kappa shape index (κ2) is 14.4. The Kier molecular flexibility index (Phi) is 12.4. The van der Waals surface area contributed by atoms with E-state index >= 15 is 0 Å². The van der Waals surface area contributed by atoms with Crippen molar-refractivity contribution >= 4 is 30.4 Å². The molecule has 192 valence electrons. The van der Waals surface area contributed by atoms with Crippen LogP contribution in [0.5, 0.6) is 0 Å². The van der Waals surface area contributed by atoms with Crippen LogP contribution in [0.15, 0.2) is 48.5 Å². The number of benzene rings is 2. The van der Waals surface area contributed by atoms with Gasteiger partial charge >= 0.3 is 198 Å². The first-order chi connectivity index (χ1) is 16.2. The molecule has 0 bridgehead atoms. The average molecular weight is 613 g/mol. The molecule has 2 rings (SSSR count). The first-order valence-electron chi connectivity index (χ1n) is 12.0. The molecule has 8 heteroatoms. The van der Waals surface area contributed by atoms with E-state index in [9.17, 15) is 21.6 Å². The molecule has 0 heterocycles. The number of hydrogen-bond donors (Lipinski definition) is 0. The first-order valence-corrected chi connectivity index (χ1v) is 16.5. The summed E-state index contributed by atoms with van der Waals surface area (Å²) in [5.74, 6) is 0. The van der Waals surface area contributed by atoms with Gasteiger partial charge in [-0.2, -0.15) is 0 Å². The van der Waals surface area contributed by atoms with E-state index in [0.29, 0.717) is 13.6 Å². The SMILES string of the molecule is CCCCCCCCCCCCc1ccccc1I(OS(=O)(=O)C(F)(F)F)c1ccccc1C. The molecule has 2 aromatic rings. The summed E-state index contributed by atoms with van der Waals surface area (Å²) in [6.07, 6.45) is 12.7. The molecule has 0 aromatic heterocycles. The average Bonchev–Trinajstić information content (AvgIpc) is 2.79. The summed E-state index contributed by atoms with van der Waals surface area (Å²) in [5, 5.41) is 0. The van der Waals surface area contributed by atoms with Gasteiger partial charge in [0.05, 0.1) is 0 Å². The van der Waals surface area contributed by atoms with Crippen LogP contribution < -0.4 is 0 Å². The molecular formula is C26H36F3IO3S. The van der Waals surface area contributed by atoms with Gasteiger partial charge < -0.3 is 0 Å². The molecule has 3 nitrogen and oxygen atoms in total. The van der Waals surface area contributed by atoms with Crippen LogP contribution in [0, 0.1) is 14.1 Å². The number of hydrogen-bond acceptors (Lipinski definition) is 3. The van der Waals surface area contributed by atoms with Gasteiger partial charge in [-0.15, -0.1) is 0 Å². The zero-order valence-electron chi connectivity index (χ0n) is 20.0. The quantitative estimate of drug-likeness (QED) is 0.115. The van der Waals surface area contributed by atoms with Gasteiger partial charge in [0.15, 0.2) is 0 Å². The molecule has 0 saturated heterocycles. The standard InChI is InChI=1S/C26H36F3IO3S/c1-3-4-5-6-7-8-9-10-11-12-18-23-19-14-16-21-25(23)30(24-20-15-13-17-22(24)2)33-34(31,32)26(27,28)29/h13-17,19-21H,3-12,18H2,1-2H3. The molecular weight excluding hydrogens is 576 g/mol. The Labute approximate surface area is 210 Å². The van der Waals surface area contributed by atoms with Crippen LogP contribution in [-0.2, 0) is 19.1 Å². The van der Waals surface area contributed by atoms with Gasteiger partial charge in [0.2, 0.25) is 0 Å². The van der Waals surface area contributed by atoms with Crippen molar-refractivity contribution in [1.82, 2.24) is 0 Å². The van der Waals surface area contributed by atoms with Crippen molar-refractivity contribution in [3.63, 3.8) is 0 Å². The minimum atomic E-state index is -5.70. The molecule has 0 amide bonds. The molecule has 0 N–H and O–H groups in total. The van der Waals surface area contributed by atoms with Gasteiger partial charge in [0.1, 0.15) is 0 Å². The van der Waals surface area contributed by atoms with Crippen LogP contribution in [0.1, 0.15) is 82.3 Å². The van der Waals surface area contributed by atoms with Gasteiger partial charge in [-0.05, 0) is 0 Å². The molecule has 2 aromatic carbocycles. The molecule has 0 aliphatic heterocycles. The summed E-state index contributed by atoms with van der Waals surface area (Å²) >= 11 is -3.38. The number of alkyl halides is 3. The zero-order valence-corrected chi connectivity index (χ0v) is 23.0. The van der Waals surface area contributed by atoms with E-state index in [4.69, 9.17) is 2.51 Å². The molecule has 0 aliphatic carbocycles. The van der Waals surface area contributed by atoms with Crippen LogP contribution in [0.3, 0.4) is 0 Å². The van der Waals surface area contributed by atoms with E-state index in [1.54, 1.807) is 43.3 Å². The molecule has 0 atom stereocenters. The summed E-state index contributed by atoms with van der Waals surface area (Å²) in [7, 11) is -5.70. The van der Waals surface area contributed by atoms with Gasteiger partial charge in [-0.25, -0.2) is 0 Å². The third-order valence-electron chi connectivity index (χ3n) is 5.63. The summed E-state index contributed by atoms with van der Waals surface area (Å²) in [6, 6.07) is 14.1. The van der Waals surface area contributed by atoms with Gasteiger partial charge in [-0.1, -0.05) is 13.3 Å². The Morgan fingerprint density at radius 2 is 1.26 bits per heavy atom. The Bertz CT molecular complexity index is 977. The Morgan fingerprint density at radius 1 is 0.765 bits per heavy atom. The molecule has 34 heavy (non-hydrogen) atoms. The Morgan fingerprint density at radius 3 is 1.82 bits per heavy atom. The maximum atomic E-state index is 13.2. The summed E-state index contributed by atoms with van der Waals surface area (Å²) in [4.78, 5) is 0. The van der Waals surface area contributed by atoms with E-state index in [1.165, 1.54) is 44.9 Å². The van der Waals surface area contributed by atoms with Crippen molar-refractivity contribution in [1.29, 1.82) is 0 Å². The van der Waals surface area contributed by atoms with Crippen molar-refractivity contribution in [2.75, 3.05) is 0 Å². The van der Waals surface area contributed by atoms with E-state index in [1.807, 2.05) is 12.1 Å². The van der Waals surface area contributed by atoms with E-state index in [0.717, 1.165) is 30.4 Å². The second-order valence-corrected chi connectivity index (χ2v) is 14.8. The fourth-order valence-electron chi connectivity index (χ4n) is 3.71. The summed E-state index contributed by atoms with van der Waals surface area (Å²) in [6.45, 7) is 3.99. The van der Waals surface area contributed by atoms with Gasteiger partial charge in [0.25, 0.3) is 0 Å². The van der Waals surface area contributed by atoms with Crippen molar-refractivity contribution in [3.8, 4) is 0 Å². The van der Waals surface area contributed by atoms with Crippen molar-refractivity contribution in [2.24, 2.45) is 0 Å².